The van der Waals surface area contributed by atoms with Crippen LogP contribution in [0.5, 0.6) is 0 Å². The van der Waals surface area contributed by atoms with Crippen LogP contribution in [0, 0.1) is 0 Å². The summed E-state index contributed by atoms with van der Waals surface area (Å²) in [5.74, 6) is 0.202. The fraction of sp³-hybridized carbons (Fsp3) is 0.444. The van der Waals surface area contributed by atoms with E-state index in [9.17, 15) is 9.59 Å². The number of nitrogens with one attached hydrogen (secondary N) is 1. The van der Waals surface area contributed by atoms with E-state index in [2.05, 4.69) is 9.88 Å². The van der Waals surface area contributed by atoms with Crippen molar-refractivity contribution in [3.05, 3.63) is 45.9 Å². The van der Waals surface area contributed by atoms with E-state index >= 15 is 0 Å². The lowest BCUT2D eigenvalue weighted by molar-refractivity contribution is -0.132. The van der Waals surface area contributed by atoms with Crippen molar-refractivity contribution in [2.24, 2.45) is 0 Å². The SMILES string of the molecule is CN(C)CCCC(=O)N1CCc2[nH]c(=O)c3ccccc3c2C1. The maximum Gasteiger partial charge on any atom is 0.256 e. The summed E-state index contributed by atoms with van der Waals surface area (Å²) in [6.07, 6.45) is 2.17. The first-order valence-corrected chi connectivity index (χ1v) is 8.11. The zero-order valence-corrected chi connectivity index (χ0v) is 13.8. The first-order valence-electron chi connectivity index (χ1n) is 8.11. The molecule has 0 radical (unpaired) electrons. The molecule has 0 atom stereocenters. The Bertz CT molecular complexity index is 779. The first kappa shape index (κ1) is 15.7. The molecule has 23 heavy (non-hydrogen) atoms. The summed E-state index contributed by atoms with van der Waals surface area (Å²) >= 11 is 0. The Morgan fingerprint density at radius 3 is 2.74 bits per heavy atom. The largest absolute Gasteiger partial charge is 0.338 e. The van der Waals surface area contributed by atoms with E-state index in [0.717, 1.165) is 36.0 Å². The summed E-state index contributed by atoms with van der Waals surface area (Å²) in [6, 6.07) is 7.63. The quantitative estimate of drug-likeness (QED) is 0.936. The molecule has 3 rings (SSSR count). The molecule has 0 unspecified atom stereocenters. The van der Waals surface area contributed by atoms with Crippen molar-refractivity contribution in [3.8, 4) is 0 Å². The minimum absolute atomic E-state index is 0.0369. The lowest BCUT2D eigenvalue weighted by Crippen LogP contribution is -2.37. The molecule has 1 aliphatic heterocycles. The number of amides is 1. The van der Waals surface area contributed by atoms with Crippen molar-refractivity contribution in [2.45, 2.75) is 25.8 Å². The Morgan fingerprint density at radius 2 is 2.00 bits per heavy atom. The molecule has 2 aromatic rings. The third kappa shape index (κ3) is 3.29. The summed E-state index contributed by atoms with van der Waals surface area (Å²) in [5, 5.41) is 1.67. The predicted molar refractivity (Wildman–Crippen MR) is 91.5 cm³/mol. The van der Waals surface area contributed by atoms with Crippen LogP contribution >= 0.6 is 0 Å². The number of hydrogen-bond acceptors (Lipinski definition) is 3. The number of nitrogens with zero attached hydrogens (tertiary/aromatic N) is 2. The second kappa shape index (κ2) is 6.54. The van der Waals surface area contributed by atoms with Crippen molar-refractivity contribution in [1.82, 2.24) is 14.8 Å². The molecule has 0 saturated heterocycles. The molecule has 122 valence electrons. The minimum atomic E-state index is -0.0369. The highest BCUT2D eigenvalue weighted by Gasteiger charge is 2.23. The van der Waals surface area contributed by atoms with Gasteiger partial charge in [0.1, 0.15) is 0 Å². The van der Waals surface area contributed by atoms with Gasteiger partial charge in [0.05, 0.1) is 0 Å². The average molecular weight is 313 g/mol. The minimum Gasteiger partial charge on any atom is -0.338 e. The summed E-state index contributed by atoms with van der Waals surface area (Å²) in [7, 11) is 4.04. The summed E-state index contributed by atoms with van der Waals surface area (Å²) < 4.78 is 0. The second-order valence-corrected chi connectivity index (χ2v) is 6.43. The highest BCUT2D eigenvalue weighted by atomic mass is 16.2. The van der Waals surface area contributed by atoms with Gasteiger partial charge in [-0.15, -0.1) is 0 Å². The van der Waals surface area contributed by atoms with Gasteiger partial charge in [0.25, 0.3) is 5.56 Å². The molecule has 5 heteroatoms. The molecule has 1 aromatic carbocycles. The van der Waals surface area contributed by atoms with Gasteiger partial charge in [0.2, 0.25) is 5.91 Å². The Hall–Kier alpha value is -2.14. The van der Waals surface area contributed by atoms with Crippen LogP contribution in [-0.4, -0.2) is 47.9 Å². The Labute approximate surface area is 135 Å². The van der Waals surface area contributed by atoms with E-state index < -0.39 is 0 Å². The Morgan fingerprint density at radius 1 is 1.26 bits per heavy atom. The molecule has 0 spiro atoms. The van der Waals surface area contributed by atoms with Gasteiger partial charge in [-0.2, -0.15) is 0 Å². The fourth-order valence-corrected chi connectivity index (χ4v) is 3.21. The third-order valence-electron chi connectivity index (χ3n) is 4.45. The smallest absolute Gasteiger partial charge is 0.256 e. The van der Waals surface area contributed by atoms with E-state index in [4.69, 9.17) is 0 Å². The van der Waals surface area contributed by atoms with Gasteiger partial charge < -0.3 is 14.8 Å². The molecule has 0 saturated carbocycles. The normalized spacial score (nSPS) is 14.3. The van der Waals surface area contributed by atoms with Crippen LogP contribution in [0.25, 0.3) is 10.8 Å². The van der Waals surface area contributed by atoms with Gasteiger partial charge in [-0.25, -0.2) is 0 Å². The fourth-order valence-electron chi connectivity index (χ4n) is 3.21. The third-order valence-corrected chi connectivity index (χ3v) is 4.45. The maximum absolute atomic E-state index is 12.4. The van der Waals surface area contributed by atoms with Crippen LogP contribution < -0.4 is 5.56 Å². The molecular formula is C18H23N3O2. The number of pyridine rings is 1. The molecule has 1 aromatic heterocycles. The average Bonchev–Trinajstić information content (AvgIpc) is 2.54. The highest BCUT2D eigenvalue weighted by molar-refractivity contribution is 5.86. The van der Waals surface area contributed by atoms with Crippen molar-refractivity contribution >= 4 is 16.7 Å². The molecule has 0 fully saturated rings. The Kier molecular flexibility index (Phi) is 4.48. The maximum atomic E-state index is 12.4. The zero-order chi connectivity index (χ0) is 16.4. The summed E-state index contributed by atoms with van der Waals surface area (Å²) in [4.78, 5) is 31.6. The first-order chi connectivity index (χ1) is 11.1. The number of aromatic amines is 1. The second-order valence-electron chi connectivity index (χ2n) is 6.43. The standard InChI is InChI=1S/C18H23N3O2/c1-20(2)10-5-8-17(22)21-11-9-16-15(12-21)13-6-3-4-7-14(13)18(23)19-16/h3-4,6-7H,5,8-12H2,1-2H3,(H,19,23). The van der Waals surface area contributed by atoms with Crippen molar-refractivity contribution in [2.75, 3.05) is 27.2 Å². The number of aromatic nitrogens is 1. The number of rotatable bonds is 4. The van der Waals surface area contributed by atoms with Crippen LogP contribution in [0.3, 0.4) is 0 Å². The predicted octanol–water partition coefficient (Wildman–Crippen LogP) is 1.75. The lowest BCUT2D eigenvalue weighted by Gasteiger charge is -2.29. The van der Waals surface area contributed by atoms with Crippen LogP contribution in [0.1, 0.15) is 24.1 Å². The topological polar surface area (TPSA) is 56.4 Å². The molecule has 1 amide bonds. The Balaban J connectivity index is 1.81. The van der Waals surface area contributed by atoms with Crippen molar-refractivity contribution in [1.29, 1.82) is 0 Å². The molecule has 0 aliphatic carbocycles. The van der Waals surface area contributed by atoms with Crippen molar-refractivity contribution in [3.63, 3.8) is 0 Å². The molecule has 0 bridgehead atoms. The number of hydrogen-bond donors (Lipinski definition) is 1. The number of carbonyl (C=O) groups excluding carboxylic acids is 1. The number of benzene rings is 1. The van der Waals surface area contributed by atoms with Gasteiger partial charge in [-0.05, 0) is 44.1 Å². The lowest BCUT2D eigenvalue weighted by atomic mass is 9.98. The van der Waals surface area contributed by atoms with Gasteiger partial charge in [0, 0.05) is 37.0 Å². The molecule has 2 heterocycles. The van der Waals surface area contributed by atoms with Crippen molar-refractivity contribution < 1.29 is 4.79 Å². The van der Waals surface area contributed by atoms with Crippen LogP contribution in [0.2, 0.25) is 0 Å². The van der Waals surface area contributed by atoms with Gasteiger partial charge in [-0.3, -0.25) is 9.59 Å². The van der Waals surface area contributed by atoms with Gasteiger partial charge >= 0.3 is 0 Å². The van der Waals surface area contributed by atoms with E-state index in [1.54, 1.807) is 0 Å². The monoisotopic (exact) mass is 313 g/mol. The van der Waals surface area contributed by atoms with Crippen LogP contribution in [-0.2, 0) is 17.8 Å². The number of carbonyl (C=O) groups is 1. The molecule has 1 N–H and O–H groups in total. The van der Waals surface area contributed by atoms with Crippen LogP contribution in [0.4, 0.5) is 0 Å². The molecule has 5 nitrogen and oxygen atoms in total. The number of fused-ring (bicyclic) bond motifs is 3. The number of H-pyrrole nitrogens is 1. The summed E-state index contributed by atoms with van der Waals surface area (Å²) in [5.41, 5.74) is 2.03. The molecule has 1 aliphatic rings. The van der Waals surface area contributed by atoms with E-state index in [-0.39, 0.29) is 11.5 Å². The highest BCUT2D eigenvalue weighted by Crippen LogP contribution is 2.24. The van der Waals surface area contributed by atoms with E-state index in [0.29, 0.717) is 24.9 Å². The van der Waals surface area contributed by atoms with E-state index in [1.165, 1.54) is 0 Å². The van der Waals surface area contributed by atoms with Crippen LogP contribution in [0.15, 0.2) is 29.1 Å². The van der Waals surface area contributed by atoms with E-state index in [1.807, 2.05) is 43.3 Å². The van der Waals surface area contributed by atoms with Gasteiger partial charge in [0.15, 0.2) is 0 Å². The molecular weight excluding hydrogens is 290 g/mol. The summed E-state index contributed by atoms with van der Waals surface area (Å²) in [6.45, 7) is 2.20. The zero-order valence-electron chi connectivity index (χ0n) is 13.8. The van der Waals surface area contributed by atoms with Gasteiger partial charge in [-0.1, -0.05) is 18.2 Å².